The number of nitro groups is 1. The third-order valence-electron chi connectivity index (χ3n) is 4.97. The number of benzene rings is 3. The zero-order chi connectivity index (χ0) is 27.7. The molecule has 0 atom stereocenters. The van der Waals surface area contributed by atoms with Crippen LogP contribution in [0.15, 0.2) is 93.9 Å². The number of nitrogens with one attached hydrogen (secondary N) is 1. The average Bonchev–Trinajstić information content (AvgIpc) is 2.91. The van der Waals surface area contributed by atoms with E-state index in [1.165, 1.54) is 37.6 Å². The Morgan fingerprint density at radius 1 is 1.18 bits per heavy atom. The van der Waals surface area contributed by atoms with Crippen molar-refractivity contribution in [3.8, 4) is 11.5 Å². The molecule has 0 saturated heterocycles. The van der Waals surface area contributed by atoms with E-state index >= 15 is 0 Å². The van der Waals surface area contributed by atoms with Crippen molar-refractivity contribution in [1.29, 1.82) is 0 Å². The first kappa shape index (κ1) is 28.3. The first-order valence-electron chi connectivity index (χ1n) is 10.9. The molecule has 0 aliphatic carbocycles. The molecule has 0 fully saturated rings. The standard InChI is InChI=1S/C25H23BrN4O7S/c1-3-13-37-25-22(26)14-18(15-23(25)36-2)16-27-28-24(31)17-29(19-9-11-20(12-10-19)30(32)33)38(34,35)21-7-5-4-6-8-21/h3-12,14-16H,1,13,17H2,2H3,(H,28,31)/b27-16-. The summed E-state index contributed by atoms with van der Waals surface area (Å²) in [6.45, 7) is 3.25. The Bertz CT molecular complexity index is 1450. The van der Waals surface area contributed by atoms with Crippen LogP contribution < -0.4 is 19.2 Å². The molecule has 3 aromatic rings. The molecule has 1 amide bonds. The Morgan fingerprint density at radius 3 is 2.47 bits per heavy atom. The minimum Gasteiger partial charge on any atom is -0.493 e. The number of non-ortho nitro benzene ring substituents is 1. The summed E-state index contributed by atoms with van der Waals surface area (Å²) >= 11 is 3.40. The highest BCUT2D eigenvalue weighted by Gasteiger charge is 2.27. The fourth-order valence-corrected chi connectivity index (χ4v) is 5.23. The van der Waals surface area contributed by atoms with Crippen LogP contribution >= 0.6 is 15.9 Å². The third-order valence-corrected chi connectivity index (χ3v) is 7.34. The highest BCUT2D eigenvalue weighted by Crippen LogP contribution is 2.36. The van der Waals surface area contributed by atoms with E-state index in [0.717, 1.165) is 16.4 Å². The van der Waals surface area contributed by atoms with Gasteiger partial charge in [-0.1, -0.05) is 30.9 Å². The lowest BCUT2D eigenvalue weighted by Gasteiger charge is -2.23. The lowest BCUT2D eigenvalue weighted by molar-refractivity contribution is -0.384. The monoisotopic (exact) mass is 602 g/mol. The van der Waals surface area contributed by atoms with Crippen LogP contribution in [0.1, 0.15) is 5.56 Å². The molecule has 0 bridgehead atoms. The maximum atomic E-state index is 13.3. The van der Waals surface area contributed by atoms with Crippen LogP contribution in [-0.4, -0.2) is 45.7 Å². The van der Waals surface area contributed by atoms with Gasteiger partial charge >= 0.3 is 0 Å². The van der Waals surface area contributed by atoms with Gasteiger partial charge in [-0.3, -0.25) is 19.2 Å². The number of ether oxygens (including phenoxy) is 2. The van der Waals surface area contributed by atoms with Gasteiger partial charge in [-0.25, -0.2) is 13.8 Å². The van der Waals surface area contributed by atoms with Gasteiger partial charge in [-0.2, -0.15) is 5.10 Å². The molecule has 0 heterocycles. The number of nitro benzene ring substituents is 1. The van der Waals surface area contributed by atoms with E-state index in [4.69, 9.17) is 9.47 Å². The first-order valence-corrected chi connectivity index (χ1v) is 13.2. The lowest BCUT2D eigenvalue weighted by atomic mass is 10.2. The van der Waals surface area contributed by atoms with Gasteiger partial charge in [0.2, 0.25) is 0 Å². The maximum Gasteiger partial charge on any atom is 0.269 e. The predicted molar refractivity (Wildman–Crippen MR) is 146 cm³/mol. The van der Waals surface area contributed by atoms with Gasteiger partial charge in [0.25, 0.3) is 21.6 Å². The third kappa shape index (κ3) is 6.95. The van der Waals surface area contributed by atoms with Crippen molar-refractivity contribution in [2.24, 2.45) is 5.10 Å². The summed E-state index contributed by atoms with van der Waals surface area (Å²) in [6.07, 6.45) is 2.94. The van der Waals surface area contributed by atoms with E-state index in [1.807, 2.05) is 0 Å². The molecule has 0 unspecified atom stereocenters. The van der Waals surface area contributed by atoms with E-state index in [-0.39, 0.29) is 22.9 Å². The SMILES string of the molecule is C=CCOc1c(Br)cc(/C=N\NC(=O)CN(c2ccc([N+](=O)[O-])cc2)S(=O)(=O)c2ccccc2)cc1OC. The van der Waals surface area contributed by atoms with E-state index in [1.54, 1.807) is 36.4 Å². The number of hydrazone groups is 1. The zero-order valence-corrected chi connectivity index (χ0v) is 22.5. The minimum absolute atomic E-state index is 0.0506. The highest BCUT2D eigenvalue weighted by molar-refractivity contribution is 9.10. The number of methoxy groups -OCH3 is 1. The van der Waals surface area contributed by atoms with Crippen molar-refractivity contribution in [1.82, 2.24) is 5.43 Å². The molecule has 0 aliphatic rings. The summed E-state index contributed by atoms with van der Waals surface area (Å²) < 4.78 is 39.0. The topological polar surface area (TPSA) is 140 Å². The fourth-order valence-electron chi connectivity index (χ4n) is 3.22. The molecule has 11 nitrogen and oxygen atoms in total. The Hall–Kier alpha value is -4.23. The Labute approximate surface area is 227 Å². The molecular weight excluding hydrogens is 580 g/mol. The minimum atomic E-state index is -4.18. The molecular formula is C25H23BrN4O7S. The van der Waals surface area contributed by atoms with Crippen LogP contribution in [0.4, 0.5) is 11.4 Å². The fraction of sp³-hybridized carbons (Fsp3) is 0.120. The van der Waals surface area contributed by atoms with Crippen LogP contribution in [-0.2, 0) is 14.8 Å². The second kappa shape index (κ2) is 12.8. The molecule has 3 aromatic carbocycles. The highest BCUT2D eigenvalue weighted by atomic mass is 79.9. The van der Waals surface area contributed by atoms with Crippen molar-refractivity contribution >= 4 is 49.4 Å². The van der Waals surface area contributed by atoms with Crippen molar-refractivity contribution in [2.75, 3.05) is 24.6 Å². The summed E-state index contributed by atoms with van der Waals surface area (Å²) in [5, 5.41) is 14.9. The zero-order valence-electron chi connectivity index (χ0n) is 20.1. The molecule has 0 aromatic heterocycles. The smallest absolute Gasteiger partial charge is 0.269 e. The summed E-state index contributed by atoms with van der Waals surface area (Å²) in [5.41, 5.74) is 2.72. The quantitative estimate of drug-likeness (QED) is 0.141. The van der Waals surface area contributed by atoms with Gasteiger partial charge in [0, 0.05) is 12.1 Å². The van der Waals surface area contributed by atoms with Gasteiger partial charge in [0.15, 0.2) is 11.5 Å². The number of amides is 1. The van der Waals surface area contributed by atoms with Crippen LogP contribution in [0.5, 0.6) is 11.5 Å². The number of halogens is 1. The van der Waals surface area contributed by atoms with E-state index < -0.39 is 27.4 Å². The molecule has 0 aliphatic heterocycles. The number of sulfonamides is 1. The number of hydrogen-bond acceptors (Lipinski definition) is 8. The first-order chi connectivity index (χ1) is 18.2. The van der Waals surface area contributed by atoms with Gasteiger partial charge in [-0.05, 0) is 57.9 Å². The number of carbonyl (C=O) groups excluding carboxylic acids is 1. The van der Waals surface area contributed by atoms with Crippen molar-refractivity contribution in [2.45, 2.75) is 4.90 Å². The van der Waals surface area contributed by atoms with Gasteiger partial charge < -0.3 is 9.47 Å². The van der Waals surface area contributed by atoms with Crippen molar-refractivity contribution in [3.63, 3.8) is 0 Å². The molecule has 13 heteroatoms. The number of nitrogens with zero attached hydrogens (tertiary/aromatic N) is 3. The van der Waals surface area contributed by atoms with E-state index in [2.05, 4.69) is 33.0 Å². The summed E-state index contributed by atoms with van der Waals surface area (Å²) in [7, 11) is -2.70. The van der Waals surface area contributed by atoms with Crippen molar-refractivity contribution in [3.05, 3.63) is 99.5 Å². The van der Waals surface area contributed by atoms with Crippen LogP contribution in [0.25, 0.3) is 0 Å². The average molecular weight is 603 g/mol. The van der Waals surface area contributed by atoms with Crippen LogP contribution in [0, 0.1) is 10.1 Å². The number of anilines is 1. The molecule has 0 spiro atoms. The summed E-state index contributed by atoms with van der Waals surface area (Å²) in [4.78, 5) is 23.1. The van der Waals surface area contributed by atoms with E-state index in [0.29, 0.717) is 21.5 Å². The summed E-state index contributed by atoms with van der Waals surface area (Å²) in [5.74, 6) is 0.154. The van der Waals surface area contributed by atoms with Crippen molar-refractivity contribution < 1.29 is 27.6 Å². The Morgan fingerprint density at radius 2 is 1.87 bits per heavy atom. The largest absolute Gasteiger partial charge is 0.493 e. The molecule has 38 heavy (non-hydrogen) atoms. The molecule has 0 saturated carbocycles. The van der Waals surface area contributed by atoms with Gasteiger partial charge in [-0.15, -0.1) is 0 Å². The number of carbonyl (C=O) groups is 1. The second-order valence-electron chi connectivity index (χ2n) is 7.53. The van der Waals surface area contributed by atoms with Gasteiger partial charge in [0.05, 0.1) is 33.3 Å². The molecule has 0 radical (unpaired) electrons. The normalized spacial score (nSPS) is 11.1. The van der Waals surface area contributed by atoms with Crippen LogP contribution in [0.2, 0.25) is 0 Å². The summed E-state index contributed by atoms with van der Waals surface area (Å²) in [6, 6.07) is 15.7. The van der Waals surface area contributed by atoms with Gasteiger partial charge in [0.1, 0.15) is 13.2 Å². The second-order valence-corrected chi connectivity index (χ2v) is 10.2. The molecule has 198 valence electrons. The molecule has 1 N–H and O–H groups in total. The number of rotatable bonds is 12. The lowest BCUT2D eigenvalue weighted by Crippen LogP contribution is -2.39. The van der Waals surface area contributed by atoms with E-state index in [9.17, 15) is 23.3 Å². The maximum absolute atomic E-state index is 13.3. The Balaban J connectivity index is 1.82. The predicted octanol–water partition coefficient (Wildman–Crippen LogP) is 4.28. The van der Waals surface area contributed by atoms with Crippen LogP contribution in [0.3, 0.4) is 0 Å². The number of hydrogen-bond donors (Lipinski definition) is 1. The molecule has 3 rings (SSSR count). The Kier molecular flexibility index (Phi) is 9.57.